The van der Waals surface area contributed by atoms with Crippen LogP contribution in [0.25, 0.3) is 0 Å². The Kier molecular flexibility index (Phi) is 6.96. The lowest BCUT2D eigenvalue weighted by molar-refractivity contribution is -0.124. The maximum Gasteiger partial charge on any atom is 0.258 e. The molecule has 0 aliphatic heterocycles. The molecule has 1 N–H and O–H groups in total. The molecule has 2 aromatic rings. The lowest BCUT2D eigenvalue weighted by Gasteiger charge is -2.23. The lowest BCUT2D eigenvalue weighted by Crippen LogP contribution is -2.43. The fraction of sp³-hybridized carbons (Fsp3) is 0.350. The Hall–Kier alpha value is -2.25. The summed E-state index contributed by atoms with van der Waals surface area (Å²) in [5.41, 5.74) is 0.986. The van der Waals surface area contributed by atoms with Gasteiger partial charge in [-0.3, -0.25) is 9.10 Å². The van der Waals surface area contributed by atoms with Crippen molar-refractivity contribution in [1.82, 2.24) is 5.32 Å². The molecule has 28 heavy (non-hydrogen) atoms. The molecule has 0 heterocycles. The Morgan fingerprint density at radius 3 is 2.14 bits per heavy atom. The summed E-state index contributed by atoms with van der Waals surface area (Å²) in [6, 6.07) is 13.6. The predicted octanol–water partition coefficient (Wildman–Crippen LogP) is 3.60. The van der Waals surface area contributed by atoms with Gasteiger partial charge in [-0.1, -0.05) is 23.7 Å². The number of benzene rings is 2. The van der Waals surface area contributed by atoms with Gasteiger partial charge in [0.1, 0.15) is 5.75 Å². The van der Waals surface area contributed by atoms with Crippen molar-refractivity contribution in [2.75, 3.05) is 17.2 Å². The molecular weight excluding hydrogens is 400 g/mol. The molecule has 0 radical (unpaired) electrons. The third-order valence-corrected chi connectivity index (χ3v) is 5.04. The van der Waals surface area contributed by atoms with Crippen LogP contribution in [0.2, 0.25) is 5.02 Å². The summed E-state index contributed by atoms with van der Waals surface area (Å²) in [6.45, 7) is 5.74. The number of carbonyl (C=O) groups excluding carboxylic acids is 1. The molecule has 152 valence electrons. The Labute approximate surface area is 171 Å². The molecule has 0 unspecified atom stereocenters. The third-order valence-electron chi connectivity index (χ3n) is 3.65. The fourth-order valence-electron chi connectivity index (χ4n) is 2.47. The molecule has 0 atom stereocenters. The van der Waals surface area contributed by atoms with Gasteiger partial charge in [-0.25, -0.2) is 8.42 Å². The minimum atomic E-state index is -3.49. The van der Waals surface area contributed by atoms with Crippen LogP contribution in [0.3, 0.4) is 0 Å². The molecule has 2 aromatic carbocycles. The van der Waals surface area contributed by atoms with Gasteiger partial charge in [-0.2, -0.15) is 0 Å². The SMILES string of the molecule is CC(C)(C)NC(=O)COc1ccc(N(Cc2ccc(Cl)cc2)S(C)(=O)=O)cc1. The van der Waals surface area contributed by atoms with Crippen LogP contribution in [0.5, 0.6) is 5.75 Å². The van der Waals surface area contributed by atoms with Gasteiger partial charge in [0.25, 0.3) is 5.91 Å². The van der Waals surface area contributed by atoms with Crippen molar-refractivity contribution in [2.24, 2.45) is 0 Å². The fourth-order valence-corrected chi connectivity index (χ4v) is 3.48. The highest BCUT2D eigenvalue weighted by molar-refractivity contribution is 7.92. The highest BCUT2D eigenvalue weighted by atomic mass is 35.5. The quantitative estimate of drug-likeness (QED) is 0.736. The van der Waals surface area contributed by atoms with E-state index in [1.807, 2.05) is 20.8 Å². The summed E-state index contributed by atoms with van der Waals surface area (Å²) < 4.78 is 31.3. The topological polar surface area (TPSA) is 75.7 Å². The van der Waals surface area contributed by atoms with Gasteiger partial charge in [-0.05, 0) is 62.7 Å². The number of nitrogens with one attached hydrogen (secondary N) is 1. The van der Waals surface area contributed by atoms with Gasteiger partial charge < -0.3 is 10.1 Å². The van der Waals surface area contributed by atoms with Crippen molar-refractivity contribution < 1.29 is 17.9 Å². The maximum absolute atomic E-state index is 12.3. The second-order valence-corrected chi connectivity index (χ2v) is 9.82. The second kappa shape index (κ2) is 8.84. The molecule has 0 spiro atoms. The lowest BCUT2D eigenvalue weighted by atomic mass is 10.1. The highest BCUT2D eigenvalue weighted by Gasteiger charge is 2.18. The monoisotopic (exact) mass is 424 g/mol. The molecule has 0 aliphatic rings. The van der Waals surface area contributed by atoms with Gasteiger partial charge in [0.05, 0.1) is 18.5 Å². The number of hydrogen-bond donors (Lipinski definition) is 1. The van der Waals surface area contributed by atoms with E-state index >= 15 is 0 Å². The number of sulfonamides is 1. The van der Waals surface area contributed by atoms with Crippen molar-refractivity contribution in [3.05, 3.63) is 59.1 Å². The largest absolute Gasteiger partial charge is 0.484 e. The van der Waals surface area contributed by atoms with E-state index in [2.05, 4.69) is 5.32 Å². The minimum absolute atomic E-state index is 0.114. The first-order chi connectivity index (χ1) is 12.9. The van der Waals surface area contributed by atoms with Crippen molar-refractivity contribution in [3.8, 4) is 5.75 Å². The molecule has 6 nitrogen and oxygen atoms in total. The number of rotatable bonds is 7. The van der Waals surface area contributed by atoms with Crippen LogP contribution in [0.4, 0.5) is 5.69 Å². The number of amides is 1. The molecule has 0 aromatic heterocycles. The van der Waals surface area contributed by atoms with Crippen molar-refractivity contribution in [1.29, 1.82) is 0 Å². The van der Waals surface area contributed by atoms with Gasteiger partial charge in [0.15, 0.2) is 6.61 Å². The molecule has 0 saturated carbocycles. The van der Waals surface area contributed by atoms with Crippen LogP contribution in [-0.2, 0) is 21.4 Å². The normalized spacial score (nSPS) is 11.8. The average Bonchev–Trinajstić information content (AvgIpc) is 2.57. The third kappa shape index (κ3) is 7.05. The zero-order chi connectivity index (χ0) is 20.9. The van der Waals surface area contributed by atoms with E-state index in [0.717, 1.165) is 11.8 Å². The Balaban J connectivity index is 2.09. The number of hydrogen-bond acceptors (Lipinski definition) is 4. The number of ether oxygens (including phenoxy) is 1. The van der Waals surface area contributed by atoms with Crippen LogP contribution < -0.4 is 14.4 Å². The molecule has 0 bridgehead atoms. The van der Waals surface area contributed by atoms with Gasteiger partial charge in [-0.15, -0.1) is 0 Å². The summed E-state index contributed by atoms with van der Waals surface area (Å²) in [4.78, 5) is 11.8. The zero-order valence-corrected chi connectivity index (χ0v) is 18.0. The van der Waals surface area contributed by atoms with Gasteiger partial charge in [0, 0.05) is 10.6 Å². The molecule has 8 heteroatoms. The van der Waals surface area contributed by atoms with E-state index in [1.165, 1.54) is 4.31 Å². The second-order valence-electron chi connectivity index (χ2n) is 7.48. The first kappa shape index (κ1) is 22.0. The number of halogens is 1. The zero-order valence-electron chi connectivity index (χ0n) is 16.4. The molecule has 0 saturated heterocycles. The van der Waals surface area contributed by atoms with E-state index < -0.39 is 10.0 Å². The predicted molar refractivity (Wildman–Crippen MR) is 112 cm³/mol. The Morgan fingerprint density at radius 1 is 1.07 bits per heavy atom. The first-order valence-corrected chi connectivity index (χ1v) is 10.9. The Bertz CT molecular complexity index is 905. The summed E-state index contributed by atoms with van der Waals surface area (Å²) in [5, 5.41) is 3.40. The van der Waals surface area contributed by atoms with Crippen molar-refractivity contribution in [3.63, 3.8) is 0 Å². The van der Waals surface area contributed by atoms with Crippen LogP contribution >= 0.6 is 11.6 Å². The summed E-state index contributed by atoms with van der Waals surface area (Å²) >= 11 is 5.89. The van der Waals surface area contributed by atoms with Crippen LogP contribution in [0.15, 0.2) is 48.5 Å². The van der Waals surface area contributed by atoms with E-state index in [0.29, 0.717) is 16.5 Å². The maximum atomic E-state index is 12.3. The molecule has 0 aliphatic carbocycles. The van der Waals surface area contributed by atoms with Crippen LogP contribution in [0.1, 0.15) is 26.3 Å². The Morgan fingerprint density at radius 2 is 1.64 bits per heavy atom. The smallest absolute Gasteiger partial charge is 0.258 e. The number of nitrogens with zero attached hydrogens (tertiary/aromatic N) is 1. The number of carbonyl (C=O) groups is 1. The van der Waals surface area contributed by atoms with E-state index in [-0.39, 0.29) is 24.6 Å². The number of anilines is 1. The van der Waals surface area contributed by atoms with E-state index in [1.54, 1.807) is 48.5 Å². The van der Waals surface area contributed by atoms with Crippen molar-refractivity contribution in [2.45, 2.75) is 32.9 Å². The van der Waals surface area contributed by atoms with E-state index in [4.69, 9.17) is 16.3 Å². The summed E-state index contributed by atoms with van der Waals surface area (Å²) in [6.07, 6.45) is 1.16. The summed E-state index contributed by atoms with van der Waals surface area (Å²) in [5.74, 6) is 0.254. The standard InChI is InChI=1S/C20H25ClN2O4S/c1-20(2,3)22-19(24)14-27-18-11-9-17(10-12-18)23(28(4,25)26)13-15-5-7-16(21)8-6-15/h5-12H,13-14H2,1-4H3,(H,22,24). The molecule has 0 fully saturated rings. The summed E-state index contributed by atoms with van der Waals surface area (Å²) in [7, 11) is -3.49. The molecular formula is C20H25ClN2O4S. The first-order valence-electron chi connectivity index (χ1n) is 8.70. The van der Waals surface area contributed by atoms with Crippen molar-refractivity contribution >= 4 is 33.2 Å². The molecule has 1 amide bonds. The average molecular weight is 425 g/mol. The molecule has 2 rings (SSSR count). The van der Waals surface area contributed by atoms with Gasteiger partial charge in [0.2, 0.25) is 10.0 Å². The van der Waals surface area contributed by atoms with Crippen LogP contribution in [-0.4, -0.2) is 32.7 Å². The van der Waals surface area contributed by atoms with Gasteiger partial charge >= 0.3 is 0 Å². The highest BCUT2D eigenvalue weighted by Crippen LogP contribution is 2.24. The van der Waals surface area contributed by atoms with E-state index in [9.17, 15) is 13.2 Å². The minimum Gasteiger partial charge on any atom is -0.484 e. The van der Waals surface area contributed by atoms with Crippen LogP contribution in [0, 0.1) is 0 Å².